The lowest BCUT2D eigenvalue weighted by Gasteiger charge is -2.15. The first-order valence-electron chi connectivity index (χ1n) is 6.52. The summed E-state index contributed by atoms with van der Waals surface area (Å²) in [6.07, 6.45) is 1.41. The fraction of sp³-hybridized carbons (Fsp3) is 0.0667. The summed E-state index contributed by atoms with van der Waals surface area (Å²) in [4.78, 5) is 21.7. The summed E-state index contributed by atoms with van der Waals surface area (Å²) in [5, 5.41) is 15.7. The van der Waals surface area contributed by atoms with E-state index in [1.54, 1.807) is 18.2 Å². The molecule has 2 aromatic rings. The molecule has 2 amide bonds. The van der Waals surface area contributed by atoms with Crippen LogP contribution >= 0.6 is 15.9 Å². The van der Waals surface area contributed by atoms with E-state index in [-0.39, 0.29) is 5.69 Å². The van der Waals surface area contributed by atoms with Crippen molar-refractivity contribution in [2.45, 2.75) is 6.92 Å². The van der Waals surface area contributed by atoms with Gasteiger partial charge in [-0.05, 0) is 48.4 Å². The number of carbonyl (C=O) groups is 1. The van der Waals surface area contributed by atoms with Gasteiger partial charge in [0.25, 0.3) is 5.69 Å². The average Bonchev–Trinajstić information content (AvgIpc) is 2.51. The molecule has 2 N–H and O–H groups in total. The Morgan fingerprint density at radius 2 is 1.96 bits per heavy atom. The number of nitro benzene ring substituents is 1. The van der Waals surface area contributed by atoms with Crippen molar-refractivity contribution in [3.05, 3.63) is 68.2 Å². The highest BCUT2D eigenvalue weighted by molar-refractivity contribution is 9.10. The molecule has 0 aliphatic carbocycles. The molecule has 0 heterocycles. The molecule has 2 rings (SSSR count). The first-order chi connectivity index (χ1) is 10.9. The van der Waals surface area contributed by atoms with Crippen LogP contribution in [0.1, 0.15) is 11.1 Å². The van der Waals surface area contributed by atoms with E-state index in [0.29, 0.717) is 11.3 Å². The van der Waals surface area contributed by atoms with E-state index in [1.165, 1.54) is 30.5 Å². The fourth-order valence-corrected chi connectivity index (χ4v) is 2.06. The normalized spacial score (nSPS) is 10.7. The zero-order valence-electron chi connectivity index (χ0n) is 12.1. The van der Waals surface area contributed by atoms with Crippen LogP contribution in [0.3, 0.4) is 0 Å². The molecule has 0 radical (unpaired) electrons. The zero-order chi connectivity index (χ0) is 17.0. The highest BCUT2D eigenvalue weighted by atomic mass is 79.9. The number of hydrazone groups is 1. The predicted octanol–water partition coefficient (Wildman–Crippen LogP) is 3.58. The second-order valence-corrected chi connectivity index (χ2v) is 5.53. The number of nitro groups is 1. The highest BCUT2D eigenvalue weighted by Crippen LogP contribution is 2.23. The molecule has 0 aliphatic heterocycles. The van der Waals surface area contributed by atoms with Crippen molar-refractivity contribution in [3.8, 4) is 0 Å². The monoisotopic (exact) mass is 376 g/mol. The zero-order valence-corrected chi connectivity index (χ0v) is 13.7. The molecule has 0 unspecified atom stereocenters. The van der Waals surface area contributed by atoms with E-state index in [2.05, 4.69) is 21.0 Å². The molecular weight excluding hydrogens is 364 g/mol. The summed E-state index contributed by atoms with van der Waals surface area (Å²) in [5.41, 5.74) is 7.40. The standard InChI is InChI=1S/C15H13BrN4O3/c1-10-8-13(6-7-14(10)16)19(15(17)21)18-9-11-2-4-12(5-3-11)20(22)23/h2-9H,1H3,(H2,17,21). The smallest absolute Gasteiger partial charge is 0.340 e. The van der Waals surface area contributed by atoms with Crippen molar-refractivity contribution in [1.29, 1.82) is 0 Å². The molecule has 8 heteroatoms. The van der Waals surface area contributed by atoms with E-state index in [4.69, 9.17) is 5.73 Å². The van der Waals surface area contributed by atoms with Crippen molar-refractivity contribution < 1.29 is 9.72 Å². The van der Waals surface area contributed by atoms with Crippen LogP contribution in [0.2, 0.25) is 0 Å². The van der Waals surface area contributed by atoms with Crippen LogP contribution in [-0.4, -0.2) is 17.2 Å². The van der Waals surface area contributed by atoms with Gasteiger partial charge in [0.1, 0.15) is 0 Å². The molecule has 0 bridgehead atoms. The van der Waals surface area contributed by atoms with Crippen LogP contribution in [0.4, 0.5) is 16.2 Å². The van der Waals surface area contributed by atoms with Gasteiger partial charge in [-0.25, -0.2) is 4.79 Å². The highest BCUT2D eigenvalue weighted by Gasteiger charge is 2.12. The number of halogens is 1. The lowest BCUT2D eigenvalue weighted by Crippen LogP contribution is -2.31. The Hall–Kier alpha value is -2.74. The van der Waals surface area contributed by atoms with E-state index in [1.807, 2.05) is 6.92 Å². The number of nitrogens with two attached hydrogens (primary N) is 1. The third kappa shape index (κ3) is 4.13. The fourth-order valence-electron chi connectivity index (χ4n) is 1.82. The molecule has 0 atom stereocenters. The number of anilines is 1. The van der Waals surface area contributed by atoms with Crippen molar-refractivity contribution >= 4 is 39.6 Å². The van der Waals surface area contributed by atoms with Crippen LogP contribution in [0.25, 0.3) is 0 Å². The summed E-state index contributed by atoms with van der Waals surface area (Å²) in [6.45, 7) is 1.88. The maximum absolute atomic E-state index is 11.6. The summed E-state index contributed by atoms with van der Waals surface area (Å²) >= 11 is 3.38. The Morgan fingerprint density at radius 1 is 1.30 bits per heavy atom. The van der Waals surface area contributed by atoms with Crippen LogP contribution in [0.15, 0.2) is 52.0 Å². The quantitative estimate of drug-likeness (QED) is 0.500. The minimum atomic E-state index is -0.732. The van der Waals surface area contributed by atoms with Gasteiger partial charge in [0.15, 0.2) is 0 Å². The van der Waals surface area contributed by atoms with Crippen molar-refractivity contribution in [1.82, 2.24) is 0 Å². The Morgan fingerprint density at radius 3 is 2.48 bits per heavy atom. The maximum atomic E-state index is 11.6. The minimum absolute atomic E-state index is 0.0163. The van der Waals surface area contributed by atoms with Crippen LogP contribution in [-0.2, 0) is 0 Å². The predicted molar refractivity (Wildman–Crippen MR) is 91.6 cm³/mol. The summed E-state index contributed by atoms with van der Waals surface area (Å²) in [5.74, 6) is 0. The molecule has 0 spiro atoms. The van der Waals surface area contributed by atoms with Gasteiger partial charge in [-0.15, -0.1) is 0 Å². The van der Waals surface area contributed by atoms with Gasteiger partial charge < -0.3 is 5.73 Å². The number of primary amides is 1. The molecule has 118 valence electrons. The lowest BCUT2D eigenvalue weighted by atomic mass is 10.2. The van der Waals surface area contributed by atoms with Crippen LogP contribution in [0, 0.1) is 17.0 Å². The first kappa shape index (κ1) is 16.6. The number of aryl methyl sites for hydroxylation is 1. The van der Waals surface area contributed by atoms with Gasteiger partial charge in [-0.1, -0.05) is 15.9 Å². The number of urea groups is 1. The lowest BCUT2D eigenvalue weighted by molar-refractivity contribution is -0.384. The Balaban J connectivity index is 2.26. The largest absolute Gasteiger partial charge is 0.350 e. The van der Waals surface area contributed by atoms with Gasteiger partial charge in [0.05, 0.1) is 16.8 Å². The molecule has 0 aliphatic rings. The molecule has 0 saturated carbocycles. The second-order valence-electron chi connectivity index (χ2n) is 4.68. The topological polar surface area (TPSA) is 102 Å². The Bertz CT molecular complexity index is 775. The molecule has 7 nitrogen and oxygen atoms in total. The summed E-state index contributed by atoms with van der Waals surface area (Å²) in [7, 11) is 0. The van der Waals surface area contributed by atoms with Gasteiger partial charge >= 0.3 is 6.03 Å². The number of carbonyl (C=O) groups excluding carboxylic acids is 1. The molecule has 0 fully saturated rings. The second kappa shape index (κ2) is 7.01. The van der Waals surface area contributed by atoms with E-state index in [0.717, 1.165) is 15.0 Å². The number of hydrogen-bond acceptors (Lipinski definition) is 4. The van der Waals surface area contributed by atoms with E-state index < -0.39 is 11.0 Å². The number of benzene rings is 2. The summed E-state index contributed by atoms with van der Waals surface area (Å²) < 4.78 is 0.907. The van der Waals surface area contributed by atoms with Crippen LogP contribution < -0.4 is 10.7 Å². The van der Waals surface area contributed by atoms with Gasteiger partial charge in [0, 0.05) is 16.6 Å². The third-order valence-electron chi connectivity index (χ3n) is 3.02. The van der Waals surface area contributed by atoms with Crippen molar-refractivity contribution in [3.63, 3.8) is 0 Å². The number of rotatable bonds is 4. The van der Waals surface area contributed by atoms with Crippen LogP contribution in [0.5, 0.6) is 0 Å². The number of non-ortho nitro benzene ring substituents is 1. The molecule has 23 heavy (non-hydrogen) atoms. The number of amides is 2. The molecule has 0 aromatic heterocycles. The molecule has 0 saturated heterocycles. The SMILES string of the molecule is Cc1cc(N(N=Cc2ccc([N+](=O)[O-])cc2)C(N)=O)ccc1Br. The maximum Gasteiger partial charge on any atom is 0.340 e. The van der Waals surface area contributed by atoms with Crippen molar-refractivity contribution in [2.24, 2.45) is 10.8 Å². The van der Waals surface area contributed by atoms with Gasteiger partial charge in [-0.3, -0.25) is 10.1 Å². The number of nitrogens with zero attached hydrogens (tertiary/aromatic N) is 3. The third-order valence-corrected chi connectivity index (χ3v) is 3.91. The molecular formula is C15H13BrN4O3. The summed E-state index contributed by atoms with van der Waals surface area (Å²) in [6, 6.07) is 10.3. The Labute approximate surface area is 140 Å². The van der Waals surface area contributed by atoms with Crippen molar-refractivity contribution in [2.75, 3.05) is 5.01 Å². The average molecular weight is 377 g/mol. The van der Waals surface area contributed by atoms with Gasteiger partial charge in [0.2, 0.25) is 0 Å². The van der Waals surface area contributed by atoms with Gasteiger partial charge in [-0.2, -0.15) is 10.1 Å². The first-order valence-corrected chi connectivity index (χ1v) is 7.32. The molecule has 2 aromatic carbocycles. The minimum Gasteiger partial charge on any atom is -0.350 e. The van der Waals surface area contributed by atoms with E-state index >= 15 is 0 Å². The number of hydrogen-bond donors (Lipinski definition) is 1. The Kier molecular flexibility index (Phi) is 5.07. The van der Waals surface area contributed by atoms with E-state index in [9.17, 15) is 14.9 Å².